The van der Waals surface area contributed by atoms with Crippen LogP contribution in [0.5, 0.6) is 5.75 Å². The third-order valence-electron chi connectivity index (χ3n) is 2.40. The van der Waals surface area contributed by atoms with E-state index in [9.17, 15) is 0 Å². The lowest BCUT2D eigenvalue weighted by Gasteiger charge is -2.37. The third kappa shape index (κ3) is 1.73. The third-order valence-corrected chi connectivity index (χ3v) is 2.40. The molecule has 0 aliphatic carbocycles. The van der Waals surface area contributed by atoms with Crippen molar-refractivity contribution in [3.63, 3.8) is 0 Å². The zero-order valence-electron chi connectivity index (χ0n) is 8.95. The number of pyridine rings is 1. The highest BCUT2D eigenvalue weighted by Crippen LogP contribution is 2.27. The fourth-order valence-electron chi connectivity index (χ4n) is 1.55. The molecule has 0 saturated heterocycles. The van der Waals surface area contributed by atoms with E-state index in [0.29, 0.717) is 0 Å². The Hall–Kier alpha value is -1.09. The van der Waals surface area contributed by atoms with Gasteiger partial charge in [0.2, 0.25) is 0 Å². The molecule has 0 aromatic carbocycles. The molecule has 2 heterocycles. The first kappa shape index (κ1) is 9.46. The summed E-state index contributed by atoms with van der Waals surface area (Å²) in [6.07, 6.45) is 4.67. The van der Waals surface area contributed by atoms with Gasteiger partial charge in [-0.3, -0.25) is 4.98 Å². The Labute approximate surface area is 84.7 Å². The molecule has 76 valence electrons. The average Bonchev–Trinajstić information content (AvgIpc) is 2.16. The van der Waals surface area contributed by atoms with Crippen molar-refractivity contribution in [2.75, 3.05) is 6.54 Å². The maximum atomic E-state index is 5.79. The van der Waals surface area contributed by atoms with Crippen LogP contribution in [-0.4, -0.2) is 22.1 Å². The van der Waals surface area contributed by atoms with Crippen LogP contribution in [0.25, 0.3) is 0 Å². The van der Waals surface area contributed by atoms with E-state index in [2.05, 4.69) is 25.8 Å². The average molecular weight is 192 g/mol. The van der Waals surface area contributed by atoms with Crippen LogP contribution in [0, 0.1) is 0 Å². The lowest BCUT2D eigenvalue weighted by atomic mass is 10.1. The van der Waals surface area contributed by atoms with Crippen molar-refractivity contribution < 1.29 is 4.84 Å². The summed E-state index contributed by atoms with van der Waals surface area (Å²) in [5.74, 6) is 0.946. The monoisotopic (exact) mass is 192 g/mol. The Kier molecular flexibility index (Phi) is 2.19. The summed E-state index contributed by atoms with van der Waals surface area (Å²) >= 11 is 0. The molecule has 0 bridgehead atoms. The highest BCUT2D eigenvalue weighted by Gasteiger charge is 2.27. The molecule has 3 nitrogen and oxygen atoms in total. The lowest BCUT2D eigenvalue weighted by Crippen LogP contribution is -2.46. The molecular formula is C11H16N2O. The van der Waals surface area contributed by atoms with Crippen LogP contribution in [0.1, 0.15) is 26.3 Å². The second-order valence-corrected chi connectivity index (χ2v) is 4.60. The summed E-state index contributed by atoms with van der Waals surface area (Å²) in [5, 5.41) is 2.02. The van der Waals surface area contributed by atoms with Crippen LogP contribution in [-0.2, 0) is 6.42 Å². The maximum Gasteiger partial charge on any atom is 0.153 e. The summed E-state index contributed by atoms with van der Waals surface area (Å²) in [6, 6.07) is 1.92. The van der Waals surface area contributed by atoms with Crippen molar-refractivity contribution >= 4 is 0 Å². The first-order valence-corrected chi connectivity index (χ1v) is 4.96. The molecule has 0 amide bonds. The molecule has 2 rings (SSSR count). The fourth-order valence-corrected chi connectivity index (χ4v) is 1.55. The highest BCUT2D eigenvalue weighted by atomic mass is 16.7. The molecule has 0 spiro atoms. The van der Waals surface area contributed by atoms with Gasteiger partial charge in [0, 0.05) is 36.1 Å². The zero-order valence-corrected chi connectivity index (χ0v) is 8.95. The molecule has 14 heavy (non-hydrogen) atoms. The number of hydrogen-bond acceptors (Lipinski definition) is 3. The smallest absolute Gasteiger partial charge is 0.153 e. The minimum absolute atomic E-state index is 0.0565. The largest absolute Gasteiger partial charge is 0.405 e. The standard InChI is InChI=1S/C11H16N2O/c1-11(2,3)13-7-5-9-8-12-6-4-10(9)14-13/h4,6,8H,5,7H2,1-3H3. The molecule has 0 unspecified atom stereocenters. The van der Waals surface area contributed by atoms with Crippen LogP contribution in [0.4, 0.5) is 0 Å². The highest BCUT2D eigenvalue weighted by molar-refractivity contribution is 5.31. The van der Waals surface area contributed by atoms with Crippen LogP contribution < -0.4 is 4.84 Å². The molecule has 1 aromatic heterocycles. The van der Waals surface area contributed by atoms with Crippen LogP contribution in [0.15, 0.2) is 18.5 Å². The van der Waals surface area contributed by atoms with E-state index >= 15 is 0 Å². The van der Waals surface area contributed by atoms with Gasteiger partial charge in [0.15, 0.2) is 5.75 Å². The first-order valence-electron chi connectivity index (χ1n) is 4.96. The van der Waals surface area contributed by atoms with Gasteiger partial charge in [-0.25, -0.2) is 0 Å². The second kappa shape index (κ2) is 3.24. The first-order chi connectivity index (χ1) is 6.57. The summed E-state index contributed by atoms with van der Waals surface area (Å²) in [6.45, 7) is 7.39. The molecule has 0 fully saturated rings. The van der Waals surface area contributed by atoms with Gasteiger partial charge in [-0.15, -0.1) is 5.06 Å². The van der Waals surface area contributed by atoms with Gasteiger partial charge < -0.3 is 4.84 Å². The zero-order chi connectivity index (χ0) is 10.2. The molecule has 0 N–H and O–H groups in total. The Morgan fingerprint density at radius 3 is 2.93 bits per heavy atom. The van der Waals surface area contributed by atoms with Gasteiger partial charge in [-0.05, 0) is 27.2 Å². The van der Waals surface area contributed by atoms with E-state index < -0.39 is 0 Å². The van der Waals surface area contributed by atoms with Crippen molar-refractivity contribution in [1.82, 2.24) is 10.0 Å². The van der Waals surface area contributed by atoms with E-state index in [1.54, 1.807) is 6.20 Å². The molecule has 3 heteroatoms. The quantitative estimate of drug-likeness (QED) is 0.629. The summed E-state index contributed by atoms with van der Waals surface area (Å²) in [7, 11) is 0. The van der Waals surface area contributed by atoms with Gasteiger partial charge in [-0.1, -0.05) is 0 Å². The van der Waals surface area contributed by atoms with E-state index in [-0.39, 0.29) is 5.54 Å². The molecule has 0 radical (unpaired) electrons. The van der Waals surface area contributed by atoms with Crippen molar-refractivity contribution in [2.24, 2.45) is 0 Å². The van der Waals surface area contributed by atoms with Crippen LogP contribution >= 0.6 is 0 Å². The minimum Gasteiger partial charge on any atom is -0.405 e. The predicted octanol–water partition coefficient (Wildman–Crippen LogP) is 2.03. The summed E-state index contributed by atoms with van der Waals surface area (Å²) in [5.41, 5.74) is 1.26. The molecule has 1 aliphatic rings. The van der Waals surface area contributed by atoms with E-state index in [1.165, 1.54) is 5.56 Å². The Morgan fingerprint density at radius 1 is 1.43 bits per heavy atom. The Balaban J connectivity index is 2.22. The van der Waals surface area contributed by atoms with Gasteiger partial charge >= 0.3 is 0 Å². The van der Waals surface area contributed by atoms with Gasteiger partial charge in [0.1, 0.15) is 0 Å². The number of rotatable bonds is 0. The minimum atomic E-state index is 0.0565. The van der Waals surface area contributed by atoms with Crippen molar-refractivity contribution in [3.8, 4) is 5.75 Å². The molecule has 1 aliphatic heterocycles. The number of fused-ring (bicyclic) bond motifs is 1. The number of hydrogen-bond donors (Lipinski definition) is 0. The van der Waals surface area contributed by atoms with Gasteiger partial charge in [-0.2, -0.15) is 0 Å². The van der Waals surface area contributed by atoms with Crippen LogP contribution in [0.3, 0.4) is 0 Å². The summed E-state index contributed by atoms with van der Waals surface area (Å²) in [4.78, 5) is 9.88. The van der Waals surface area contributed by atoms with Crippen molar-refractivity contribution in [1.29, 1.82) is 0 Å². The number of aromatic nitrogens is 1. The second-order valence-electron chi connectivity index (χ2n) is 4.60. The normalized spacial score (nSPS) is 17.4. The predicted molar refractivity (Wildman–Crippen MR) is 55.0 cm³/mol. The molecule has 0 atom stereocenters. The Bertz CT molecular complexity index is 330. The molecule has 1 aromatic rings. The van der Waals surface area contributed by atoms with Gasteiger partial charge in [0.25, 0.3) is 0 Å². The molecule has 0 saturated carbocycles. The van der Waals surface area contributed by atoms with Gasteiger partial charge in [0.05, 0.1) is 0 Å². The number of nitrogens with zero attached hydrogens (tertiary/aromatic N) is 2. The lowest BCUT2D eigenvalue weighted by molar-refractivity contribution is -0.134. The topological polar surface area (TPSA) is 25.4 Å². The van der Waals surface area contributed by atoms with E-state index in [1.807, 2.05) is 17.3 Å². The van der Waals surface area contributed by atoms with Crippen molar-refractivity contribution in [3.05, 3.63) is 24.0 Å². The maximum absolute atomic E-state index is 5.79. The Morgan fingerprint density at radius 2 is 2.21 bits per heavy atom. The molecular weight excluding hydrogens is 176 g/mol. The van der Waals surface area contributed by atoms with Crippen LogP contribution in [0.2, 0.25) is 0 Å². The number of hydroxylamine groups is 2. The van der Waals surface area contributed by atoms with E-state index in [4.69, 9.17) is 4.84 Å². The summed E-state index contributed by atoms with van der Waals surface area (Å²) < 4.78 is 0. The van der Waals surface area contributed by atoms with E-state index in [0.717, 1.165) is 18.7 Å². The fraction of sp³-hybridized carbons (Fsp3) is 0.545. The SMILES string of the molecule is CC(C)(C)N1CCc2cnccc2O1. The van der Waals surface area contributed by atoms with Crippen molar-refractivity contribution in [2.45, 2.75) is 32.7 Å².